The molecule has 3 rings (SSSR count). The monoisotopic (exact) mass is 348 g/mol. The number of thiophene rings is 1. The van der Waals surface area contributed by atoms with Crippen LogP contribution in [0.4, 0.5) is 5.13 Å². The lowest BCUT2D eigenvalue weighted by Crippen LogP contribution is -2.12. The van der Waals surface area contributed by atoms with Gasteiger partial charge in [-0.15, -0.1) is 22.7 Å². The number of hydrogen-bond donors (Lipinski definition) is 1. The highest BCUT2D eigenvalue weighted by Gasteiger charge is 2.13. The second kappa shape index (κ2) is 6.80. The molecule has 0 aliphatic carbocycles. The Labute approximate surface area is 139 Å². The van der Waals surface area contributed by atoms with Crippen LogP contribution in [-0.4, -0.2) is 26.8 Å². The lowest BCUT2D eigenvalue weighted by Gasteiger charge is -1.98. The molecule has 23 heavy (non-hydrogen) atoms. The highest BCUT2D eigenvalue weighted by Crippen LogP contribution is 2.21. The molecule has 9 heteroatoms. The number of hydrogen-bond acceptors (Lipinski definition) is 8. The molecule has 3 heterocycles. The number of carbonyl (C=O) groups excluding carboxylic acids is 2. The van der Waals surface area contributed by atoms with Gasteiger partial charge in [-0.2, -0.15) is 4.98 Å². The molecule has 0 fully saturated rings. The van der Waals surface area contributed by atoms with Gasteiger partial charge in [0.25, 0.3) is 0 Å². The highest BCUT2D eigenvalue weighted by atomic mass is 32.1. The number of nitrogens with zero attached hydrogens (tertiary/aromatic N) is 3. The molecule has 0 unspecified atom stereocenters. The van der Waals surface area contributed by atoms with Crippen LogP contribution in [0.1, 0.15) is 29.7 Å². The summed E-state index contributed by atoms with van der Waals surface area (Å²) in [7, 11) is 0. The van der Waals surface area contributed by atoms with Crippen molar-refractivity contribution in [2.75, 3.05) is 5.32 Å². The molecule has 0 spiro atoms. The van der Waals surface area contributed by atoms with E-state index in [1.165, 1.54) is 29.6 Å². The Morgan fingerprint density at radius 3 is 2.87 bits per heavy atom. The number of carbonyl (C=O) groups is 2. The van der Waals surface area contributed by atoms with Gasteiger partial charge in [-0.05, 0) is 11.4 Å². The van der Waals surface area contributed by atoms with Crippen molar-refractivity contribution in [3.05, 3.63) is 34.5 Å². The van der Waals surface area contributed by atoms with Gasteiger partial charge in [0.2, 0.25) is 17.6 Å². The summed E-state index contributed by atoms with van der Waals surface area (Å²) in [4.78, 5) is 32.2. The fourth-order valence-corrected chi connectivity index (χ4v) is 3.17. The Balaban J connectivity index is 1.53. The van der Waals surface area contributed by atoms with Crippen LogP contribution in [-0.2, 0) is 11.2 Å². The van der Waals surface area contributed by atoms with Crippen molar-refractivity contribution in [1.82, 2.24) is 15.1 Å². The standard InChI is InChI=1S/C14H12N4O3S2/c1-8(19)9-7-23-14(15-9)16-11(20)4-5-12-17-13(18-21-12)10-3-2-6-22-10/h2-3,6-7H,4-5H2,1H3,(H,15,16,20). The van der Waals surface area contributed by atoms with Crippen molar-refractivity contribution >= 4 is 39.5 Å². The van der Waals surface area contributed by atoms with E-state index in [9.17, 15) is 9.59 Å². The van der Waals surface area contributed by atoms with Crippen LogP contribution in [0.15, 0.2) is 27.4 Å². The third kappa shape index (κ3) is 3.88. The van der Waals surface area contributed by atoms with Crippen LogP contribution < -0.4 is 5.32 Å². The van der Waals surface area contributed by atoms with Crippen molar-refractivity contribution in [2.24, 2.45) is 0 Å². The molecule has 0 radical (unpaired) electrons. The summed E-state index contributed by atoms with van der Waals surface area (Å²) in [6, 6.07) is 3.81. The fourth-order valence-electron chi connectivity index (χ4n) is 1.76. The molecule has 118 valence electrons. The minimum atomic E-state index is -0.217. The predicted octanol–water partition coefficient (Wildman–Crippen LogP) is 3.03. The van der Waals surface area contributed by atoms with Gasteiger partial charge in [0, 0.05) is 25.1 Å². The SMILES string of the molecule is CC(=O)c1csc(NC(=O)CCc2nc(-c3cccs3)no2)n1. The number of aromatic nitrogens is 3. The molecular weight excluding hydrogens is 336 g/mol. The summed E-state index contributed by atoms with van der Waals surface area (Å²) >= 11 is 2.74. The quantitative estimate of drug-likeness (QED) is 0.688. The molecule has 0 atom stereocenters. The summed E-state index contributed by atoms with van der Waals surface area (Å²) < 4.78 is 5.13. The fraction of sp³-hybridized carbons (Fsp3) is 0.214. The first-order chi connectivity index (χ1) is 11.1. The molecule has 1 N–H and O–H groups in total. The number of rotatable bonds is 6. The lowest BCUT2D eigenvalue weighted by molar-refractivity contribution is -0.116. The van der Waals surface area contributed by atoms with Gasteiger partial charge in [0.1, 0.15) is 5.69 Å². The van der Waals surface area contributed by atoms with E-state index in [4.69, 9.17) is 4.52 Å². The summed E-state index contributed by atoms with van der Waals surface area (Å²) in [5, 5.41) is 10.5. The molecule has 0 aliphatic heterocycles. The van der Waals surface area contributed by atoms with Crippen LogP contribution in [0.5, 0.6) is 0 Å². The number of anilines is 1. The Morgan fingerprint density at radius 1 is 1.30 bits per heavy atom. The van der Waals surface area contributed by atoms with E-state index >= 15 is 0 Å². The number of aryl methyl sites for hydroxylation is 1. The molecule has 0 aliphatic rings. The van der Waals surface area contributed by atoms with Gasteiger partial charge in [0.15, 0.2) is 10.9 Å². The first-order valence-electron chi connectivity index (χ1n) is 6.74. The van der Waals surface area contributed by atoms with Gasteiger partial charge in [-0.25, -0.2) is 4.98 Å². The van der Waals surface area contributed by atoms with E-state index in [0.29, 0.717) is 29.0 Å². The summed E-state index contributed by atoms with van der Waals surface area (Å²) in [6.45, 7) is 1.43. The number of nitrogens with one attached hydrogen (secondary N) is 1. The van der Waals surface area contributed by atoms with E-state index in [-0.39, 0.29) is 18.1 Å². The minimum Gasteiger partial charge on any atom is -0.339 e. The van der Waals surface area contributed by atoms with E-state index in [1.54, 1.807) is 5.38 Å². The van der Waals surface area contributed by atoms with Crippen LogP contribution in [0.2, 0.25) is 0 Å². The smallest absolute Gasteiger partial charge is 0.227 e. The summed E-state index contributed by atoms with van der Waals surface area (Å²) in [5.74, 6) is 0.590. The van der Waals surface area contributed by atoms with Gasteiger partial charge in [-0.1, -0.05) is 11.2 Å². The average Bonchev–Trinajstić information content (AvgIpc) is 3.25. The van der Waals surface area contributed by atoms with Crippen molar-refractivity contribution < 1.29 is 14.1 Å². The average molecular weight is 348 g/mol. The summed E-state index contributed by atoms with van der Waals surface area (Å²) in [6.07, 6.45) is 0.538. The number of thiazole rings is 1. The molecule has 7 nitrogen and oxygen atoms in total. The van der Waals surface area contributed by atoms with Gasteiger partial charge in [-0.3, -0.25) is 9.59 Å². The van der Waals surface area contributed by atoms with Crippen LogP contribution in [0.3, 0.4) is 0 Å². The van der Waals surface area contributed by atoms with Gasteiger partial charge in [0.05, 0.1) is 4.88 Å². The number of Topliss-reactive ketones (excluding diaryl/α,β-unsaturated/α-hetero) is 1. The Morgan fingerprint density at radius 2 is 2.17 bits per heavy atom. The lowest BCUT2D eigenvalue weighted by atomic mass is 10.3. The molecule has 0 bridgehead atoms. The third-order valence-electron chi connectivity index (χ3n) is 2.89. The molecule has 0 saturated heterocycles. The van der Waals surface area contributed by atoms with E-state index in [2.05, 4.69) is 20.4 Å². The zero-order chi connectivity index (χ0) is 16.2. The van der Waals surface area contributed by atoms with Crippen molar-refractivity contribution in [3.8, 4) is 10.7 Å². The molecule has 1 amide bonds. The Bertz CT molecular complexity index is 823. The maximum Gasteiger partial charge on any atom is 0.227 e. The highest BCUT2D eigenvalue weighted by molar-refractivity contribution is 7.14. The normalized spacial score (nSPS) is 10.7. The molecule has 0 aromatic carbocycles. The number of amides is 1. The minimum absolute atomic E-state index is 0.131. The third-order valence-corrected chi connectivity index (χ3v) is 4.51. The zero-order valence-electron chi connectivity index (χ0n) is 12.1. The van der Waals surface area contributed by atoms with Crippen molar-refractivity contribution in [3.63, 3.8) is 0 Å². The first kappa shape index (κ1) is 15.5. The van der Waals surface area contributed by atoms with Crippen molar-refractivity contribution in [2.45, 2.75) is 19.8 Å². The topological polar surface area (TPSA) is 98.0 Å². The molecule has 0 saturated carbocycles. The van der Waals surface area contributed by atoms with E-state index in [1.807, 2.05) is 17.5 Å². The second-order valence-electron chi connectivity index (χ2n) is 4.63. The van der Waals surface area contributed by atoms with Gasteiger partial charge >= 0.3 is 0 Å². The maximum atomic E-state index is 11.9. The zero-order valence-corrected chi connectivity index (χ0v) is 13.7. The first-order valence-corrected chi connectivity index (χ1v) is 8.50. The largest absolute Gasteiger partial charge is 0.339 e. The molecule has 3 aromatic heterocycles. The van der Waals surface area contributed by atoms with Crippen LogP contribution in [0.25, 0.3) is 10.7 Å². The van der Waals surface area contributed by atoms with Crippen molar-refractivity contribution in [1.29, 1.82) is 0 Å². The molecule has 3 aromatic rings. The maximum absolute atomic E-state index is 11.9. The summed E-state index contributed by atoms with van der Waals surface area (Å²) in [5.41, 5.74) is 0.350. The Kier molecular flexibility index (Phi) is 4.58. The predicted molar refractivity (Wildman–Crippen MR) is 86.7 cm³/mol. The van der Waals surface area contributed by atoms with Crippen LogP contribution >= 0.6 is 22.7 Å². The van der Waals surface area contributed by atoms with Gasteiger partial charge < -0.3 is 9.84 Å². The number of ketones is 1. The van der Waals surface area contributed by atoms with Crippen LogP contribution in [0, 0.1) is 0 Å². The Hall–Kier alpha value is -2.39. The molecular formula is C14H12N4O3S2. The second-order valence-corrected chi connectivity index (χ2v) is 6.44. The van der Waals surface area contributed by atoms with E-state index < -0.39 is 0 Å². The van der Waals surface area contributed by atoms with E-state index in [0.717, 1.165) is 4.88 Å².